The molecule has 0 aliphatic carbocycles. The molecule has 6 nitrogen and oxygen atoms in total. The van der Waals surface area contributed by atoms with E-state index in [-0.39, 0.29) is 12.6 Å². The van der Waals surface area contributed by atoms with Gasteiger partial charge in [-0.2, -0.15) is 4.52 Å². The highest BCUT2D eigenvalue weighted by Crippen LogP contribution is 2.34. The number of hydrogen-bond donors (Lipinski definition) is 2. The highest BCUT2D eigenvalue weighted by Gasteiger charge is 2.20. The molecule has 27 heavy (non-hydrogen) atoms. The normalized spacial score (nSPS) is 12.7. The second-order valence-electron chi connectivity index (χ2n) is 6.57. The summed E-state index contributed by atoms with van der Waals surface area (Å²) in [5, 5.41) is 18.8. The van der Waals surface area contributed by atoms with Gasteiger partial charge in [0, 0.05) is 10.4 Å². The van der Waals surface area contributed by atoms with Crippen molar-refractivity contribution in [2.75, 3.05) is 11.9 Å². The maximum atomic E-state index is 9.61. The summed E-state index contributed by atoms with van der Waals surface area (Å²) < 4.78 is 1.79. The van der Waals surface area contributed by atoms with Gasteiger partial charge in [-0.15, -0.1) is 16.4 Å². The van der Waals surface area contributed by atoms with E-state index < -0.39 is 0 Å². The van der Waals surface area contributed by atoms with Gasteiger partial charge in [-0.05, 0) is 25.3 Å². The molecule has 1 atom stereocenters. The van der Waals surface area contributed by atoms with Crippen molar-refractivity contribution >= 4 is 33.1 Å². The summed E-state index contributed by atoms with van der Waals surface area (Å²) in [7, 11) is 0. The lowest BCUT2D eigenvalue weighted by molar-refractivity contribution is 0.271. The van der Waals surface area contributed by atoms with E-state index in [1.54, 1.807) is 15.9 Å². The van der Waals surface area contributed by atoms with Crippen LogP contribution in [0.1, 0.15) is 30.7 Å². The van der Waals surface area contributed by atoms with Crippen LogP contribution in [0.25, 0.3) is 27.3 Å². The second kappa shape index (κ2) is 7.25. The van der Waals surface area contributed by atoms with E-state index in [9.17, 15) is 5.11 Å². The molecule has 4 rings (SSSR count). The molecule has 0 fully saturated rings. The van der Waals surface area contributed by atoms with Gasteiger partial charge < -0.3 is 10.4 Å². The van der Waals surface area contributed by atoms with Crippen molar-refractivity contribution < 1.29 is 5.11 Å². The van der Waals surface area contributed by atoms with Crippen LogP contribution in [0, 0.1) is 6.92 Å². The largest absolute Gasteiger partial charge is 0.394 e. The predicted octanol–water partition coefficient (Wildman–Crippen LogP) is 4.06. The van der Waals surface area contributed by atoms with Crippen molar-refractivity contribution in [1.29, 1.82) is 0 Å². The minimum Gasteiger partial charge on any atom is -0.394 e. The summed E-state index contributed by atoms with van der Waals surface area (Å²) in [6.07, 6.45) is 1.72. The fourth-order valence-electron chi connectivity index (χ4n) is 3.33. The topological polar surface area (TPSA) is 75.3 Å². The van der Waals surface area contributed by atoms with E-state index in [4.69, 9.17) is 15.1 Å². The Hall–Kier alpha value is -2.51. The van der Waals surface area contributed by atoms with Crippen molar-refractivity contribution in [3.63, 3.8) is 0 Å². The standard InChI is InChI=1S/C20H23N5OS/c1-4-14(11-26)21-20-23-19-16(15(5-2)12(3)27-19)18-22-17(24-25(18)20)13-9-7-6-8-10-13/h6-10,14,26H,4-5,11H2,1-3H3,(H,21,23). The number of thiophene rings is 1. The van der Waals surface area contributed by atoms with Crippen molar-refractivity contribution in [1.82, 2.24) is 19.6 Å². The molecule has 0 saturated heterocycles. The Kier molecular flexibility index (Phi) is 4.80. The van der Waals surface area contributed by atoms with Gasteiger partial charge in [-0.25, -0.2) is 9.97 Å². The number of aryl methyl sites for hydroxylation is 2. The lowest BCUT2D eigenvalue weighted by atomic mass is 10.1. The average Bonchev–Trinajstić information content (AvgIpc) is 3.27. The zero-order chi connectivity index (χ0) is 19.0. The van der Waals surface area contributed by atoms with E-state index in [0.717, 1.165) is 34.3 Å². The first-order chi connectivity index (χ1) is 13.2. The first-order valence-corrected chi connectivity index (χ1v) is 10.1. The Bertz CT molecular complexity index is 1080. The SMILES string of the molecule is CCc1c(C)sc2nc(NC(CC)CO)n3nc(-c4ccccc4)nc3c12. The average molecular weight is 382 g/mol. The van der Waals surface area contributed by atoms with Gasteiger partial charge in [-0.3, -0.25) is 0 Å². The molecule has 140 valence electrons. The third kappa shape index (κ3) is 3.07. The molecule has 3 aromatic heterocycles. The van der Waals surface area contributed by atoms with Crippen LogP contribution in [0.4, 0.5) is 5.95 Å². The lowest BCUT2D eigenvalue weighted by Crippen LogP contribution is -2.25. The molecule has 1 aromatic carbocycles. The molecule has 7 heteroatoms. The van der Waals surface area contributed by atoms with Gasteiger partial charge in [0.05, 0.1) is 18.0 Å². The number of benzene rings is 1. The summed E-state index contributed by atoms with van der Waals surface area (Å²) >= 11 is 1.68. The van der Waals surface area contributed by atoms with Crippen molar-refractivity contribution in [3.8, 4) is 11.4 Å². The molecule has 0 amide bonds. The second-order valence-corrected chi connectivity index (χ2v) is 7.78. The summed E-state index contributed by atoms with van der Waals surface area (Å²) in [6.45, 7) is 6.36. The van der Waals surface area contributed by atoms with Crippen LogP contribution in [-0.4, -0.2) is 37.3 Å². The highest BCUT2D eigenvalue weighted by atomic mass is 32.1. The van der Waals surface area contributed by atoms with E-state index in [1.807, 2.05) is 37.3 Å². The molecule has 0 saturated carbocycles. The van der Waals surface area contributed by atoms with Gasteiger partial charge in [0.2, 0.25) is 5.95 Å². The molecule has 4 aromatic rings. The predicted molar refractivity (Wildman–Crippen MR) is 111 cm³/mol. The molecule has 0 aliphatic heterocycles. The van der Waals surface area contributed by atoms with Crippen molar-refractivity contribution in [2.45, 2.75) is 39.7 Å². The lowest BCUT2D eigenvalue weighted by Gasteiger charge is -2.15. The Morgan fingerprint density at radius 1 is 1.19 bits per heavy atom. The highest BCUT2D eigenvalue weighted by molar-refractivity contribution is 7.18. The molecule has 0 aliphatic rings. The number of nitrogens with zero attached hydrogens (tertiary/aromatic N) is 4. The Morgan fingerprint density at radius 2 is 1.96 bits per heavy atom. The summed E-state index contributed by atoms with van der Waals surface area (Å²) in [4.78, 5) is 11.9. The molecular weight excluding hydrogens is 358 g/mol. The number of hydrogen-bond acceptors (Lipinski definition) is 6. The van der Waals surface area contributed by atoms with E-state index in [0.29, 0.717) is 11.8 Å². The molecule has 2 N–H and O–H groups in total. The molecule has 0 radical (unpaired) electrons. The first-order valence-electron chi connectivity index (χ1n) is 9.27. The zero-order valence-corrected chi connectivity index (χ0v) is 16.5. The smallest absolute Gasteiger partial charge is 0.227 e. The third-order valence-electron chi connectivity index (χ3n) is 4.86. The third-order valence-corrected chi connectivity index (χ3v) is 5.90. The number of anilines is 1. The maximum absolute atomic E-state index is 9.61. The first kappa shape index (κ1) is 17.9. The Balaban J connectivity index is 2.00. The van der Waals surface area contributed by atoms with Crippen molar-refractivity contribution in [2.24, 2.45) is 0 Å². The molecule has 1 unspecified atom stereocenters. The Labute approximate surface area is 161 Å². The van der Waals surface area contributed by atoms with Crippen LogP contribution in [0.15, 0.2) is 30.3 Å². The quantitative estimate of drug-likeness (QED) is 0.527. The molecule has 0 spiro atoms. The number of aliphatic hydroxyl groups excluding tert-OH is 1. The minimum atomic E-state index is -0.0748. The van der Waals surface area contributed by atoms with E-state index in [1.165, 1.54) is 10.4 Å². The number of aromatic nitrogens is 4. The van der Waals surface area contributed by atoms with Crippen LogP contribution >= 0.6 is 11.3 Å². The monoisotopic (exact) mass is 381 g/mol. The fourth-order valence-corrected chi connectivity index (χ4v) is 4.43. The van der Waals surface area contributed by atoms with E-state index in [2.05, 4.69) is 19.2 Å². The van der Waals surface area contributed by atoms with Crippen LogP contribution in [0.2, 0.25) is 0 Å². The summed E-state index contributed by atoms with van der Waals surface area (Å²) in [5.41, 5.74) is 3.06. The zero-order valence-electron chi connectivity index (χ0n) is 15.7. The van der Waals surface area contributed by atoms with Crippen LogP contribution in [0.3, 0.4) is 0 Å². The number of rotatable bonds is 6. The number of aliphatic hydroxyl groups is 1. The van der Waals surface area contributed by atoms with Crippen molar-refractivity contribution in [3.05, 3.63) is 40.8 Å². The summed E-state index contributed by atoms with van der Waals surface area (Å²) in [6, 6.07) is 9.90. The molecular formula is C20H23N5OS. The number of fused-ring (bicyclic) bond motifs is 3. The Morgan fingerprint density at radius 3 is 2.63 bits per heavy atom. The summed E-state index contributed by atoms with van der Waals surface area (Å²) in [5.74, 6) is 1.30. The molecule has 0 bridgehead atoms. The van der Waals surface area contributed by atoms with E-state index >= 15 is 0 Å². The van der Waals surface area contributed by atoms with Gasteiger partial charge in [0.1, 0.15) is 4.83 Å². The van der Waals surface area contributed by atoms with Gasteiger partial charge in [0.25, 0.3) is 0 Å². The van der Waals surface area contributed by atoms with Gasteiger partial charge in [-0.1, -0.05) is 44.2 Å². The van der Waals surface area contributed by atoms with Crippen LogP contribution in [-0.2, 0) is 6.42 Å². The number of nitrogens with one attached hydrogen (secondary N) is 1. The fraction of sp³-hybridized carbons (Fsp3) is 0.350. The maximum Gasteiger partial charge on any atom is 0.227 e. The minimum absolute atomic E-state index is 0.0433. The molecule has 3 heterocycles. The van der Waals surface area contributed by atoms with Crippen LogP contribution < -0.4 is 5.32 Å². The van der Waals surface area contributed by atoms with Crippen LogP contribution in [0.5, 0.6) is 0 Å². The van der Waals surface area contributed by atoms with Gasteiger partial charge in [0.15, 0.2) is 11.5 Å². The van der Waals surface area contributed by atoms with Gasteiger partial charge >= 0.3 is 0 Å².